The topological polar surface area (TPSA) is 57.8 Å². The van der Waals surface area contributed by atoms with E-state index in [0.29, 0.717) is 6.54 Å². The van der Waals surface area contributed by atoms with Crippen LogP contribution in [0.5, 0.6) is 0 Å². The lowest BCUT2D eigenvalue weighted by molar-refractivity contribution is -0.117. The normalized spacial score (nSPS) is 12.4. The highest BCUT2D eigenvalue weighted by atomic mass is 16.1. The SMILES string of the molecule is C=CCn1cc(/C=C(/C#N)C(=O)N[C@H](C)c2ccccc2)c2ccccc21. The molecule has 1 N–H and O–H groups in total. The van der Waals surface area contributed by atoms with Gasteiger partial charge in [-0.3, -0.25) is 4.79 Å². The number of carbonyl (C=O) groups excluding carboxylic acids is 1. The molecular weight excluding hydrogens is 334 g/mol. The molecule has 134 valence electrons. The van der Waals surface area contributed by atoms with E-state index in [1.165, 1.54) is 0 Å². The lowest BCUT2D eigenvalue weighted by Gasteiger charge is -2.13. The lowest BCUT2D eigenvalue weighted by Crippen LogP contribution is -2.27. The Morgan fingerprint density at radius 1 is 1.22 bits per heavy atom. The molecule has 0 aliphatic carbocycles. The molecule has 0 saturated carbocycles. The molecule has 1 heterocycles. The maximum atomic E-state index is 12.6. The molecule has 0 spiro atoms. The number of aromatic nitrogens is 1. The maximum Gasteiger partial charge on any atom is 0.262 e. The van der Waals surface area contributed by atoms with Crippen LogP contribution < -0.4 is 5.32 Å². The van der Waals surface area contributed by atoms with Crippen molar-refractivity contribution >= 4 is 22.9 Å². The summed E-state index contributed by atoms with van der Waals surface area (Å²) in [5.74, 6) is -0.380. The fourth-order valence-electron chi connectivity index (χ4n) is 3.08. The molecule has 2 aromatic carbocycles. The van der Waals surface area contributed by atoms with Gasteiger partial charge in [-0.1, -0.05) is 54.6 Å². The monoisotopic (exact) mass is 355 g/mol. The zero-order chi connectivity index (χ0) is 19.2. The minimum absolute atomic E-state index is 0.0827. The summed E-state index contributed by atoms with van der Waals surface area (Å²) in [5, 5.41) is 13.4. The minimum Gasteiger partial charge on any atom is -0.345 e. The van der Waals surface area contributed by atoms with Gasteiger partial charge >= 0.3 is 0 Å². The van der Waals surface area contributed by atoms with E-state index in [4.69, 9.17) is 0 Å². The molecule has 3 aromatic rings. The van der Waals surface area contributed by atoms with Crippen molar-refractivity contribution in [3.63, 3.8) is 0 Å². The number of carbonyl (C=O) groups is 1. The van der Waals surface area contributed by atoms with Gasteiger partial charge in [0.05, 0.1) is 6.04 Å². The van der Waals surface area contributed by atoms with Crippen molar-refractivity contribution < 1.29 is 4.79 Å². The molecule has 1 atom stereocenters. The zero-order valence-electron chi connectivity index (χ0n) is 15.2. The van der Waals surface area contributed by atoms with E-state index in [1.54, 1.807) is 6.08 Å². The third-order valence-corrected chi connectivity index (χ3v) is 4.46. The molecule has 0 aliphatic rings. The fraction of sp³-hybridized carbons (Fsp3) is 0.130. The standard InChI is InChI=1S/C23H21N3O/c1-3-13-26-16-20(21-11-7-8-12-22(21)26)14-19(15-24)23(27)25-17(2)18-9-5-4-6-10-18/h3-12,14,16-17H,1,13H2,2H3,(H,25,27)/b19-14-/t17-/m1/s1. The molecule has 0 aliphatic heterocycles. The van der Waals surface area contributed by atoms with Crippen molar-refractivity contribution in [2.45, 2.75) is 19.5 Å². The third kappa shape index (κ3) is 3.99. The summed E-state index contributed by atoms with van der Waals surface area (Å²) in [6.45, 7) is 6.35. The molecule has 0 fully saturated rings. The second-order valence-corrected chi connectivity index (χ2v) is 6.32. The van der Waals surface area contributed by atoms with Gasteiger partial charge in [-0.05, 0) is 24.6 Å². The molecule has 1 aromatic heterocycles. The molecule has 4 heteroatoms. The van der Waals surface area contributed by atoms with E-state index in [9.17, 15) is 10.1 Å². The van der Waals surface area contributed by atoms with Crippen LogP contribution in [0.4, 0.5) is 0 Å². The molecule has 0 saturated heterocycles. The van der Waals surface area contributed by atoms with E-state index in [1.807, 2.05) is 84.4 Å². The Hall–Kier alpha value is -3.58. The molecule has 4 nitrogen and oxygen atoms in total. The van der Waals surface area contributed by atoms with Crippen LogP contribution >= 0.6 is 0 Å². The summed E-state index contributed by atoms with van der Waals surface area (Å²) in [6, 6.07) is 19.4. The second-order valence-electron chi connectivity index (χ2n) is 6.32. The van der Waals surface area contributed by atoms with Crippen LogP contribution in [0.2, 0.25) is 0 Å². The summed E-state index contributed by atoms with van der Waals surface area (Å²) in [5.41, 5.74) is 2.95. The molecule has 1 amide bonds. The summed E-state index contributed by atoms with van der Waals surface area (Å²) < 4.78 is 2.05. The van der Waals surface area contributed by atoms with Gasteiger partial charge in [-0.2, -0.15) is 5.26 Å². The number of benzene rings is 2. The lowest BCUT2D eigenvalue weighted by atomic mass is 10.1. The molecular formula is C23H21N3O. The van der Waals surface area contributed by atoms with Crippen LogP contribution in [-0.2, 0) is 11.3 Å². The number of nitrogens with one attached hydrogen (secondary N) is 1. The first-order valence-electron chi connectivity index (χ1n) is 8.80. The van der Waals surface area contributed by atoms with E-state index < -0.39 is 0 Å². The predicted octanol–water partition coefficient (Wildman–Crippen LogP) is 4.61. The summed E-state index contributed by atoms with van der Waals surface area (Å²) in [7, 11) is 0. The summed E-state index contributed by atoms with van der Waals surface area (Å²) >= 11 is 0. The van der Waals surface area contributed by atoms with Gasteiger partial charge in [0.2, 0.25) is 0 Å². The quantitative estimate of drug-likeness (QED) is 0.399. The van der Waals surface area contributed by atoms with Crippen LogP contribution in [0.3, 0.4) is 0 Å². The minimum atomic E-state index is -0.380. The summed E-state index contributed by atoms with van der Waals surface area (Å²) in [6.07, 6.45) is 5.41. The smallest absolute Gasteiger partial charge is 0.262 e. The van der Waals surface area contributed by atoms with Gasteiger partial charge in [0.15, 0.2) is 0 Å². The van der Waals surface area contributed by atoms with Crippen LogP contribution in [-0.4, -0.2) is 10.5 Å². The van der Waals surface area contributed by atoms with E-state index in [2.05, 4.69) is 11.9 Å². The van der Waals surface area contributed by atoms with E-state index in [0.717, 1.165) is 22.0 Å². The second kappa shape index (κ2) is 8.20. The third-order valence-electron chi connectivity index (χ3n) is 4.46. The highest BCUT2D eigenvalue weighted by Gasteiger charge is 2.15. The van der Waals surface area contributed by atoms with Gasteiger partial charge < -0.3 is 9.88 Å². The van der Waals surface area contributed by atoms with Crippen molar-refractivity contribution in [2.75, 3.05) is 0 Å². The number of hydrogen-bond donors (Lipinski definition) is 1. The number of para-hydroxylation sites is 1. The number of allylic oxidation sites excluding steroid dienone is 1. The first-order valence-corrected chi connectivity index (χ1v) is 8.80. The molecule has 27 heavy (non-hydrogen) atoms. The Kier molecular flexibility index (Phi) is 5.53. The Morgan fingerprint density at radius 2 is 1.93 bits per heavy atom. The number of nitriles is 1. The first kappa shape index (κ1) is 18.2. The number of nitrogens with zero attached hydrogens (tertiary/aromatic N) is 2. The zero-order valence-corrected chi connectivity index (χ0v) is 15.2. The Balaban J connectivity index is 1.90. The Labute approximate surface area is 159 Å². The Morgan fingerprint density at radius 3 is 2.63 bits per heavy atom. The van der Waals surface area contributed by atoms with Crippen LogP contribution in [0.1, 0.15) is 24.1 Å². The average molecular weight is 355 g/mol. The van der Waals surface area contributed by atoms with Crippen molar-refractivity contribution in [3.05, 3.63) is 90.1 Å². The number of rotatable bonds is 6. The highest BCUT2D eigenvalue weighted by Crippen LogP contribution is 2.24. The summed E-state index contributed by atoms with van der Waals surface area (Å²) in [4.78, 5) is 12.6. The largest absolute Gasteiger partial charge is 0.345 e. The highest BCUT2D eigenvalue weighted by molar-refractivity contribution is 6.04. The number of hydrogen-bond acceptors (Lipinski definition) is 2. The van der Waals surface area contributed by atoms with Crippen LogP contribution in [0, 0.1) is 11.3 Å². The van der Waals surface area contributed by atoms with Gasteiger partial charge in [-0.25, -0.2) is 0 Å². The van der Waals surface area contributed by atoms with Crippen molar-refractivity contribution in [3.8, 4) is 6.07 Å². The van der Waals surface area contributed by atoms with Crippen LogP contribution in [0.25, 0.3) is 17.0 Å². The molecule has 3 rings (SSSR count). The van der Waals surface area contributed by atoms with E-state index in [-0.39, 0.29) is 17.5 Å². The van der Waals surface area contributed by atoms with Gasteiger partial charge in [0, 0.05) is 29.2 Å². The molecule has 0 unspecified atom stereocenters. The van der Waals surface area contributed by atoms with Crippen molar-refractivity contribution in [1.82, 2.24) is 9.88 Å². The molecule has 0 bridgehead atoms. The Bertz CT molecular complexity index is 1040. The van der Waals surface area contributed by atoms with Gasteiger partial charge in [0.25, 0.3) is 5.91 Å². The number of fused-ring (bicyclic) bond motifs is 1. The van der Waals surface area contributed by atoms with Crippen molar-refractivity contribution in [2.24, 2.45) is 0 Å². The van der Waals surface area contributed by atoms with Gasteiger partial charge in [-0.15, -0.1) is 6.58 Å². The first-order chi connectivity index (χ1) is 13.1. The van der Waals surface area contributed by atoms with Crippen molar-refractivity contribution in [1.29, 1.82) is 5.26 Å². The van der Waals surface area contributed by atoms with Gasteiger partial charge in [0.1, 0.15) is 11.6 Å². The van der Waals surface area contributed by atoms with E-state index >= 15 is 0 Å². The predicted molar refractivity (Wildman–Crippen MR) is 109 cm³/mol. The fourth-order valence-corrected chi connectivity index (χ4v) is 3.08. The van der Waals surface area contributed by atoms with Crippen LogP contribution in [0.15, 0.2) is 79.0 Å². The average Bonchev–Trinajstić information content (AvgIpc) is 3.04. The maximum absolute atomic E-state index is 12.6. The molecule has 0 radical (unpaired) electrons. The number of amides is 1.